The Labute approximate surface area is 118 Å². The molecule has 0 radical (unpaired) electrons. The Balaban J connectivity index is 2.05. The quantitative estimate of drug-likeness (QED) is 0.327. The average molecular weight is 285 g/mol. The first kappa shape index (κ1) is 16.0. The lowest BCUT2D eigenvalue weighted by atomic mass is 10.2. The average Bonchev–Trinajstić information content (AvgIpc) is 2.43. The molecule has 1 rings (SSSR count). The van der Waals surface area contributed by atoms with E-state index in [0.29, 0.717) is 32.7 Å². The highest BCUT2D eigenvalue weighted by Gasteiger charge is 2.04. The van der Waals surface area contributed by atoms with Crippen LogP contribution in [0.25, 0.3) is 0 Å². The van der Waals surface area contributed by atoms with E-state index in [-0.39, 0.29) is 5.97 Å². The number of benzene rings is 1. The van der Waals surface area contributed by atoms with Gasteiger partial charge in [-0.05, 0) is 36.4 Å². The van der Waals surface area contributed by atoms with Crippen molar-refractivity contribution in [3.05, 3.63) is 35.9 Å². The molecule has 19 heavy (non-hydrogen) atoms. The van der Waals surface area contributed by atoms with Crippen molar-refractivity contribution < 1.29 is 19.2 Å². The highest BCUT2D eigenvalue weighted by Crippen LogP contribution is 2.04. The van der Waals surface area contributed by atoms with E-state index in [2.05, 4.69) is 12.8 Å². The predicted octanol–water partition coefficient (Wildman–Crippen LogP) is 2.54. The highest BCUT2D eigenvalue weighted by molar-refractivity contribution is 7.77. The van der Waals surface area contributed by atoms with Gasteiger partial charge >= 0.3 is 5.97 Å². The third kappa shape index (κ3) is 7.84. The number of hydrogen-bond acceptors (Lipinski definition) is 6. The van der Waals surface area contributed by atoms with Gasteiger partial charge in [0, 0.05) is 6.42 Å². The van der Waals surface area contributed by atoms with Gasteiger partial charge in [0.15, 0.2) is 0 Å². The molecule has 0 saturated carbocycles. The molecule has 1 aromatic carbocycles. The molecule has 0 unspecified atom stereocenters. The summed E-state index contributed by atoms with van der Waals surface area (Å²) >= 11 is 3.90. The lowest BCUT2D eigenvalue weighted by Crippen LogP contribution is -2.15. The molecule has 0 N–H and O–H groups in total. The van der Waals surface area contributed by atoms with Crippen molar-refractivity contribution in [3.8, 4) is 0 Å². The first-order valence-electron chi connectivity index (χ1n) is 6.16. The van der Waals surface area contributed by atoms with Crippen molar-refractivity contribution in [3.63, 3.8) is 0 Å². The molecule has 0 amide bonds. The Morgan fingerprint density at radius 2 is 2.00 bits per heavy atom. The first-order valence-corrected chi connectivity index (χ1v) is 6.56. The van der Waals surface area contributed by atoms with Crippen molar-refractivity contribution in [1.29, 1.82) is 0 Å². The molecule has 0 aliphatic carbocycles. The fourth-order valence-corrected chi connectivity index (χ4v) is 1.51. The lowest BCUT2D eigenvalue weighted by molar-refractivity contribution is -0.290. The highest BCUT2D eigenvalue weighted by atomic mass is 32.1. The van der Waals surface area contributed by atoms with Crippen LogP contribution < -0.4 is 0 Å². The van der Waals surface area contributed by atoms with Crippen molar-refractivity contribution in [2.45, 2.75) is 26.4 Å². The Bertz CT molecular complexity index is 361. The number of carbonyl (C=O) groups is 1. The van der Waals surface area contributed by atoms with Crippen LogP contribution in [-0.4, -0.2) is 23.8 Å². The van der Waals surface area contributed by atoms with Gasteiger partial charge in [-0.15, -0.1) is 0 Å². The second kappa shape index (κ2) is 9.80. The summed E-state index contributed by atoms with van der Waals surface area (Å²) in [6, 6.07) is 9.57. The molecule has 106 valence electrons. The Morgan fingerprint density at radius 3 is 2.68 bits per heavy atom. The molecule has 0 atom stereocenters. The van der Waals surface area contributed by atoms with Gasteiger partial charge in [0.05, 0.1) is 13.2 Å². The number of carbonyl (C=O) groups excluding carboxylic acids is 1. The zero-order valence-electron chi connectivity index (χ0n) is 10.9. The second-order valence-corrected chi connectivity index (χ2v) is 4.07. The van der Waals surface area contributed by atoms with Gasteiger partial charge in [0.2, 0.25) is 0 Å². The number of ether oxygens (including phenoxy) is 1. The summed E-state index contributed by atoms with van der Waals surface area (Å²) in [5, 5.41) is 0. The molecule has 0 aromatic heterocycles. The summed E-state index contributed by atoms with van der Waals surface area (Å²) in [5.74, 6) is -0.241. The minimum absolute atomic E-state index is 0.241. The maximum Gasteiger partial charge on any atom is 0.306 e. The summed E-state index contributed by atoms with van der Waals surface area (Å²) < 4.78 is 6.12. The molecule has 0 heterocycles. The normalized spacial score (nSPS) is 10.7. The molecule has 0 aliphatic heterocycles. The standard InChI is InChI=1S/C13H19NO4S/c1-2-17-14(19)18-10-6-9-13(15)16-11-12-7-4-3-5-8-12/h3-5,7-8,19H,2,6,9-11H2,1H3. The number of esters is 1. The summed E-state index contributed by atoms with van der Waals surface area (Å²) in [6.07, 6.45) is 0.859. The summed E-state index contributed by atoms with van der Waals surface area (Å²) in [7, 11) is 0. The van der Waals surface area contributed by atoms with Gasteiger partial charge < -0.3 is 4.74 Å². The van der Waals surface area contributed by atoms with Gasteiger partial charge in [-0.3, -0.25) is 14.5 Å². The Kier molecular flexibility index (Phi) is 8.24. The molecule has 0 saturated heterocycles. The maximum absolute atomic E-state index is 11.4. The number of nitrogens with zero attached hydrogens (tertiary/aromatic N) is 1. The molecule has 5 nitrogen and oxygen atoms in total. The van der Waals surface area contributed by atoms with Crippen LogP contribution in [0.1, 0.15) is 25.3 Å². The van der Waals surface area contributed by atoms with E-state index >= 15 is 0 Å². The van der Waals surface area contributed by atoms with Gasteiger partial charge in [0.1, 0.15) is 6.61 Å². The van der Waals surface area contributed by atoms with E-state index in [4.69, 9.17) is 14.4 Å². The molecule has 1 aromatic rings. The summed E-state index contributed by atoms with van der Waals surface area (Å²) in [4.78, 5) is 21.4. The monoisotopic (exact) mass is 285 g/mol. The minimum Gasteiger partial charge on any atom is -0.461 e. The molecule has 6 heteroatoms. The van der Waals surface area contributed by atoms with Crippen molar-refractivity contribution in [1.82, 2.24) is 4.63 Å². The van der Waals surface area contributed by atoms with Crippen LogP contribution in [-0.2, 0) is 25.8 Å². The molecule has 0 spiro atoms. The first-order chi connectivity index (χ1) is 9.22. The van der Waals surface area contributed by atoms with Crippen LogP contribution in [0.4, 0.5) is 0 Å². The van der Waals surface area contributed by atoms with Crippen LogP contribution in [0.3, 0.4) is 0 Å². The maximum atomic E-state index is 11.4. The van der Waals surface area contributed by atoms with Gasteiger partial charge in [-0.1, -0.05) is 30.3 Å². The molecule has 0 fully saturated rings. The molecule has 0 aliphatic rings. The minimum atomic E-state index is -0.241. The van der Waals surface area contributed by atoms with Gasteiger partial charge in [-0.2, -0.15) is 0 Å². The van der Waals surface area contributed by atoms with E-state index in [1.165, 1.54) is 0 Å². The topological polar surface area (TPSA) is 48.0 Å². The summed E-state index contributed by atoms with van der Waals surface area (Å²) in [5.41, 5.74) is 0.977. The number of thiol groups is 1. The third-order valence-corrected chi connectivity index (χ3v) is 2.44. The van der Waals surface area contributed by atoms with Crippen LogP contribution >= 0.6 is 12.8 Å². The van der Waals surface area contributed by atoms with Crippen molar-refractivity contribution >= 4 is 18.8 Å². The van der Waals surface area contributed by atoms with E-state index in [1.54, 1.807) is 0 Å². The van der Waals surface area contributed by atoms with E-state index in [0.717, 1.165) is 10.2 Å². The van der Waals surface area contributed by atoms with Crippen LogP contribution in [0.15, 0.2) is 30.3 Å². The molecular formula is C13H19NO4S. The Morgan fingerprint density at radius 1 is 1.26 bits per heavy atom. The predicted molar refractivity (Wildman–Crippen MR) is 73.9 cm³/mol. The smallest absolute Gasteiger partial charge is 0.306 e. The SMILES string of the molecule is CCON(S)OCCCC(=O)OCc1ccccc1. The Hall–Kier alpha value is -1.08. The van der Waals surface area contributed by atoms with E-state index in [1.807, 2.05) is 37.3 Å². The summed E-state index contributed by atoms with van der Waals surface area (Å²) in [6.45, 7) is 2.96. The lowest BCUT2D eigenvalue weighted by Gasteiger charge is -2.12. The van der Waals surface area contributed by atoms with Gasteiger partial charge in [-0.25, -0.2) is 0 Å². The van der Waals surface area contributed by atoms with Crippen LogP contribution in [0.2, 0.25) is 0 Å². The van der Waals surface area contributed by atoms with Gasteiger partial charge in [0.25, 0.3) is 0 Å². The number of hydrogen-bond donors (Lipinski definition) is 1. The fourth-order valence-electron chi connectivity index (χ4n) is 1.32. The zero-order valence-corrected chi connectivity index (χ0v) is 11.8. The fraction of sp³-hybridized carbons (Fsp3) is 0.462. The second-order valence-electron chi connectivity index (χ2n) is 3.74. The van der Waals surface area contributed by atoms with E-state index in [9.17, 15) is 4.79 Å². The van der Waals surface area contributed by atoms with Crippen LogP contribution in [0.5, 0.6) is 0 Å². The van der Waals surface area contributed by atoms with Crippen LogP contribution in [0, 0.1) is 0 Å². The van der Waals surface area contributed by atoms with Crippen molar-refractivity contribution in [2.75, 3.05) is 13.2 Å². The third-order valence-electron chi connectivity index (χ3n) is 2.21. The molecule has 0 bridgehead atoms. The van der Waals surface area contributed by atoms with Crippen molar-refractivity contribution in [2.24, 2.45) is 0 Å². The largest absolute Gasteiger partial charge is 0.461 e. The number of rotatable bonds is 9. The molecular weight excluding hydrogens is 266 g/mol. The zero-order chi connectivity index (χ0) is 13.9. The van der Waals surface area contributed by atoms with E-state index < -0.39 is 0 Å².